The van der Waals surface area contributed by atoms with E-state index in [-0.39, 0.29) is 51.8 Å². The highest BCUT2D eigenvalue weighted by Gasteiger charge is 2.67. The second kappa shape index (κ2) is 16.4. The Hall–Kier alpha value is -3.41. The molecule has 0 aliphatic carbocycles. The Morgan fingerprint density at radius 3 is 2.24 bits per heavy atom. The summed E-state index contributed by atoms with van der Waals surface area (Å²) in [7, 11) is -2.78. The van der Waals surface area contributed by atoms with Crippen LogP contribution in [0.2, 0.25) is 22.2 Å². The number of esters is 1. The number of hydrogen-bond donors (Lipinski definition) is 1. The summed E-state index contributed by atoms with van der Waals surface area (Å²) in [5, 5.41) is 18.5. The van der Waals surface area contributed by atoms with Crippen molar-refractivity contribution in [3.8, 4) is 6.07 Å². The third-order valence-corrected chi connectivity index (χ3v) is 20.1. The lowest BCUT2D eigenvalue weighted by Gasteiger charge is -2.51. The van der Waals surface area contributed by atoms with Crippen LogP contribution in [-0.4, -0.2) is 106 Å². The van der Waals surface area contributed by atoms with E-state index >= 15 is 0 Å². The number of nitriles is 1. The van der Waals surface area contributed by atoms with Crippen molar-refractivity contribution >= 4 is 46.9 Å². The zero-order chi connectivity index (χ0) is 41.4. The topological polar surface area (TPSA) is 171 Å². The summed E-state index contributed by atoms with van der Waals surface area (Å²) in [6.07, 6.45) is -1.40. The summed E-state index contributed by atoms with van der Waals surface area (Å²) in [6, 6.07) is 2.60. The second-order valence-electron chi connectivity index (χ2n) is 17.0. The molecule has 0 unspecified atom stereocenters. The number of ether oxygens (including phenoxy) is 3. The molecular formula is C37H61N7O8Si2. The van der Waals surface area contributed by atoms with Gasteiger partial charge in [-0.3, -0.25) is 0 Å². The van der Waals surface area contributed by atoms with E-state index in [0.29, 0.717) is 0 Å². The molecule has 17 heteroatoms. The molecule has 0 spiro atoms. The number of rotatable bonds is 11. The summed E-state index contributed by atoms with van der Waals surface area (Å²) < 4.78 is 50.9. The van der Waals surface area contributed by atoms with Crippen LogP contribution in [0.4, 0.5) is 10.6 Å². The van der Waals surface area contributed by atoms with E-state index in [1.54, 1.807) is 60.0 Å². The van der Waals surface area contributed by atoms with Crippen LogP contribution in [-0.2, 0) is 37.6 Å². The molecule has 2 aliphatic rings. The first-order valence-corrected chi connectivity index (χ1v) is 22.8. The van der Waals surface area contributed by atoms with Crippen LogP contribution in [0.5, 0.6) is 0 Å². The zero-order valence-corrected chi connectivity index (χ0v) is 36.6. The van der Waals surface area contributed by atoms with Gasteiger partial charge in [0.2, 0.25) is 5.60 Å². The molecule has 4 heterocycles. The molecule has 2 fully saturated rings. The van der Waals surface area contributed by atoms with Crippen LogP contribution in [0.1, 0.15) is 97.1 Å². The molecule has 2 aromatic rings. The first-order chi connectivity index (χ1) is 25.5. The highest BCUT2D eigenvalue weighted by atomic mass is 28.5. The minimum atomic E-state index is -3.34. The van der Waals surface area contributed by atoms with E-state index in [4.69, 9.17) is 28.5 Å². The Morgan fingerprint density at radius 2 is 1.72 bits per heavy atom. The Labute approximate surface area is 324 Å². The quantitative estimate of drug-likeness (QED) is 0.114. The molecule has 0 bridgehead atoms. The summed E-state index contributed by atoms with van der Waals surface area (Å²) in [6.45, 7) is 25.4. The molecule has 15 nitrogen and oxygen atoms in total. The minimum absolute atomic E-state index is 0.0143. The zero-order valence-electron chi connectivity index (χ0n) is 35.6. The van der Waals surface area contributed by atoms with Gasteiger partial charge in [-0.05, 0) is 61.0 Å². The molecule has 0 radical (unpaired) electrons. The lowest BCUT2D eigenvalue weighted by atomic mass is 9.92. The van der Waals surface area contributed by atoms with Crippen molar-refractivity contribution in [2.45, 2.75) is 148 Å². The molecule has 54 heavy (non-hydrogen) atoms. The first-order valence-electron chi connectivity index (χ1n) is 19.3. The van der Waals surface area contributed by atoms with Gasteiger partial charge in [0.1, 0.15) is 41.8 Å². The van der Waals surface area contributed by atoms with Crippen molar-refractivity contribution in [2.24, 2.45) is 10.9 Å². The van der Waals surface area contributed by atoms with E-state index < -0.39 is 70.7 Å². The van der Waals surface area contributed by atoms with Crippen LogP contribution in [0.3, 0.4) is 0 Å². The largest absolute Gasteiger partial charge is 0.453 e. The third kappa shape index (κ3) is 8.38. The first kappa shape index (κ1) is 41.8. The predicted octanol–water partition coefficient (Wildman–Crippen LogP) is 6.49. The van der Waals surface area contributed by atoms with Gasteiger partial charge in [0.25, 0.3) is 0 Å². The van der Waals surface area contributed by atoms with Crippen molar-refractivity contribution in [3.63, 3.8) is 0 Å². The molecule has 1 amide bonds. The smallest absolute Gasteiger partial charge is 0.408 e. The number of nitrogens with one attached hydrogen (secondary N) is 1. The van der Waals surface area contributed by atoms with Gasteiger partial charge in [0.15, 0.2) is 11.9 Å². The maximum atomic E-state index is 14.4. The van der Waals surface area contributed by atoms with Gasteiger partial charge in [-0.1, -0.05) is 69.2 Å². The number of carbonyl (C=O) groups is 2. The fourth-order valence-corrected chi connectivity index (χ4v) is 18.4. The Morgan fingerprint density at radius 1 is 1.11 bits per heavy atom. The van der Waals surface area contributed by atoms with Crippen LogP contribution in [0.15, 0.2) is 23.4 Å². The predicted molar refractivity (Wildman–Crippen MR) is 209 cm³/mol. The van der Waals surface area contributed by atoms with Gasteiger partial charge in [-0.25, -0.2) is 24.1 Å². The van der Waals surface area contributed by atoms with Crippen LogP contribution in [0.25, 0.3) is 5.52 Å². The minimum Gasteiger partial charge on any atom is -0.453 e. The van der Waals surface area contributed by atoms with Gasteiger partial charge in [-0.15, -0.1) is 0 Å². The number of aromatic nitrogens is 3. The Bertz CT molecular complexity index is 1760. The maximum absolute atomic E-state index is 14.4. The highest BCUT2D eigenvalue weighted by Crippen LogP contribution is 2.51. The standard InChI is InChI=1S/C37H61N7O8Si2/c1-22(2)30(42-35(46)50-36(11,12)13)34(45)48-32-31-28(18-47-53(23(3)4,24(5)6)52-54(51-31,25(7)8)26(9)10)49-37(32,19-38)29-17-16-27-33(40-21-43(14)15)39-20-41-44(27)29/h16-17,20-26,28,30-32H,18H2,1-15H3,(H,42,46)/t28-,30+,31-,32-,37+/m1/s1/i16D. The summed E-state index contributed by atoms with van der Waals surface area (Å²) in [5.41, 5.74) is -2.68. The van der Waals surface area contributed by atoms with Gasteiger partial charge in [0, 0.05) is 14.1 Å². The van der Waals surface area contributed by atoms with Crippen molar-refractivity contribution in [3.05, 3.63) is 24.1 Å². The SMILES string of the molecule is [2H]c1cc([C@]2(C#N)O[C@@H]3CO[Si](C(C)C)(C(C)C)O[Si](C(C)C)(C(C)C)O[C@H]3[C@H]2OC(=O)[C@@H](NC(=O)OC(C)(C)C)C(C)C)n2ncnc(N=CN(C)C)c12. The average Bonchev–Trinajstić information content (AvgIpc) is 3.55. The molecule has 2 aliphatic heterocycles. The second-order valence-corrected chi connectivity index (χ2v) is 25.9. The molecule has 1 N–H and O–H groups in total. The van der Waals surface area contributed by atoms with Gasteiger partial charge in [0.05, 0.1) is 20.0 Å². The lowest BCUT2D eigenvalue weighted by molar-refractivity contribution is -0.163. The average molecular weight is 789 g/mol. The molecule has 0 aromatic carbocycles. The van der Waals surface area contributed by atoms with Gasteiger partial charge in [-0.2, -0.15) is 10.4 Å². The number of amides is 1. The number of carbonyl (C=O) groups excluding carboxylic acids is 2. The number of fused-ring (bicyclic) bond motifs is 2. The fraction of sp³-hybridized carbons (Fsp3) is 0.730. The summed E-state index contributed by atoms with van der Waals surface area (Å²) in [5.74, 6) is -1.08. The van der Waals surface area contributed by atoms with Crippen molar-refractivity contribution in [1.82, 2.24) is 24.8 Å². The Balaban J connectivity index is 1.99. The van der Waals surface area contributed by atoms with Gasteiger partial charge < -0.3 is 37.4 Å². The van der Waals surface area contributed by atoms with E-state index in [1.165, 1.54) is 16.9 Å². The van der Waals surface area contributed by atoms with Crippen LogP contribution < -0.4 is 5.32 Å². The van der Waals surface area contributed by atoms with E-state index in [1.807, 2.05) is 0 Å². The normalized spacial score (nSPS) is 25.1. The molecule has 2 saturated heterocycles. The van der Waals surface area contributed by atoms with E-state index in [2.05, 4.69) is 81.9 Å². The summed E-state index contributed by atoms with van der Waals surface area (Å²) in [4.78, 5) is 37.9. The molecule has 0 saturated carbocycles. The third-order valence-electron chi connectivity index (χ3n) is 9.87. The highest BCUT2D eigenvalue weighted by molar-refractivity contribution is 6.84. The monoisotopic (exact) mass is 788 g/mol. The summed E-state index contributed by atoms with van der Waals surface area (Å²) >= 11 is 0. The molecule has 2 aromatic heterocycles. The number of hydrogen-bond acceptors (Lipinski definition) is 12. The maximum Gasteiger partial charge on any atom is 0.408 e. The number of aliphatic imine (C=N–C) groups is 1. The Kier molecular flexibility index (Phi) is 12.7. The van der Waals surface area contributed by atoms with E-state index in [0.717, 1.165) is 0 Å². The number of nitrogens with zero attached hydrogens (tertiary/aromatic N) is 6. The lowest BCUT2D eigenvalue weighted by Crippen LogP contribution is -2.66. The number of alkyl carbamates (subject to hydrolysis) is 1. The molecule has 300 valence electrons. The van der Waals surface area contributed by atoms with E-state index in [9.17, 15) is 14.9 Å². The molecule has 5 atom stereocenters. The van der Waals surface area contributed by atoms with Crippen molar-refractivity contribution in [1.29, 1.82) is 5.26 Å². The fourth-order valence-electron chi connectivity index (χ4n) is 7.22. The molecule has 4 rings (SSSR count). The van der Waals surface area contributed by atoms with Crippen LogP contribution >= 0.6 is 0 Å². The van der Waals surface area contributed by atoms with Crippen molar-refractivity contribution in [2.75, 3.05) is 20.7 Å². The van der Waals surface area contributed by atoms with Gasteiger partial charge >= 0.3 is 29.2 Å². The molecular weight excluding hydrogens is 727 g/mol. The van der Waals surface area contributed by atoms with Crippen molar-refractivity contribution < 1.29 is 38.1 Å². The van der Waals surface area contributed by atoms with Crippen LogP contribution in [0, 0.1) is 17.2 Å².